The highest BCUT2D eigenvalue weighted by Gasteiger charge is 2.26. The summed E-state index contributed by atoms with van der Waals surface area (Å²) in [6.07, 6.45) is 0. The molecule has 1 N–H and O–H groups in total. The molecule has 1 saturated heterocycles. The lowest BCUT2D eigenvalue weighted by Gasteiger charge is -2.34. The molecule has 1 aromatic heterocycles. The van der Waals surface area contributed by atoms with Gasteiger partial charge in [0.15, 0.2) is 11.6 Å². The molecule has 0 radical (unpaired) electrons. The lowest BCUT2D eigenvalue weighted by atomic mass is 10.1. The Balaban J connectivity index is 1.46. The molecule has 148 valence electrons. The molecule has 1 fully saturated rings. The summed E-state index contributed by atoms with van der Waals surface area (Å²) >= 11 is 0. The molecule has 0 atom stereocenters. The van der Waals surface area contributed by atoms with Crippen molar-refractivity contribution >= 4 is 22.6 Å². The van der Waals surface area contributed by atoms with Crippen LogP contribution in [-0.4, -0.2) is 52.8 Å². The van der Waals surface area contributed by atoms with Crippen molar-refractivity contribution in [1.82, 2.24) is 14.8 Å². The smallest absolute Gasteiger partial charge is 0.270 e. The molecule has 3 aromatic rings. The van der Waals surface area contributed by atoms with Crippen LogP contribution in [0.5, 0.6) is 0 Å². The largest absolute Gasteiger partial charge is 0.335 e. The molecule has 0 bridgehead atoms. The van der Waals surface area contributed by atoms with Gasteiger partial charge < -0.3 is 14.8 Å². The molecular weight excluding hydrogens is 380 g/mol. The van der Waals surface area contributed by atoms with Crippen molar-refractivity contribution in [3.05, 3.63) is 81.8 Å². The number of piperazine rings is 1. The number of benzene rings is 2. The highest BCUT2D eigenvalue weighted by molar-refractivity contribution is 5.97. The molecule has 2 heterocycles. The van der Waals surface area contributed by atoms with E-state index >= 15 is 0 Å². The lowest BCUT2D eigenvalue weighted by Crippen LogP contribution is -2.50. The molecule has 6 nitrogen and oxygen atoms in total. The predicted molar refractivity (Wildman–Crippen MR) is 103 cm³/mol. The van der Waals surface area contributed by atoms with E-state index in [0.29, 0.717) is 10.8 Å². The average molecular weight is 397 g/mol. The summed E-state index contributed by atoms with van der Waals surface area (Å²) in [5.74, 6) is -2.84. The van der Waals surface area contributed by atoms with E-state index in [9.17, 15) is 23.2 Å². The zero-order valence-corrected chi connectivity index (χ0v) is 15.3. The van der Waals surface area contributed by atoms with Gasteiger partial charge in [0.25, 0.3) is 17.4 Å². The molecule has 1 aliphatic rings. The van der Waals surface area contributed by atoms with Gasteiger partial charge in [-0.05, 0) is 35.7 Å². The van der Waals surface area contributed by atoms with Crippen molar-refractivity contribution < 1.29 is 18.4 Å². The second-order valence-electron chi connectivity index (χ2n) is 6.81. The summed E-state index contributed by atoms with van der Waals surface area (Å²) in [5.41, 5.74) is -0.0878. The van der Waals surface area contributed by atoms with E-state index < -0.39 is 17.5 Å². The van der Waals surface area contributed by atoms with Gasteiger partial charge in [0.2, 0.25) is 0 Å². The molecule has 4 rings (SSSR count). The number of carbonyl (C=O) groups is 2. The zero-order valence-electron chi connectivity index (χ0n) is 15.3. The maximum absolute atomic E-state index is 13.4. The Morgan fingerprint density at radius 2 is 1.48 bits per heavy atom. The van der Waals surface area contributed by atoms with E-state index in [1.807, 2.05) is 0 Å². The Hall–Kier alpha value is -3.55. The van der Waals surface area contributed by atoms with Crippen molar-refractivity contribution in [3.63, 3.8) is 0 Å². The Kier molecular flexibility index (Phi) is 4.84. The molecule has 29 heavy (non-hydrogen) atoms. The maximum atomic E-state index is 13.4. The minimum Gasteiger partial charge on any atom is -0.335 e. The predicted octanol–water partition coefficient (Wildman–Crippen LogP) is 2.40. The fourth-order valence-electron chi connectivity index (χ4n) is 3.42. The topological polar surface area (TPSA) is 73.5 Å². The van der Waals surface area contributed by atoms with Crippen LogP contribution in [0.3, 0.4) is 0 Å². The van der Waals surface area contributed by atoms with E-state index in [2.05, 4.69) is 4.98 Å². The van der Waals surface area contributed by atoms with Gasteiger partial charge >= 0.3 is 0 Å². The molecule has 0 spiro atoms. The molecule has 0 saturated carbocycles. The van der Waals surface area contributed by atoms with Crippen LogP contribution in [0.1, 0.15) is 20.8 Å². The van der Waals surface area contributed by atoms with Gasteiger partial charge in [-0.25, -0.2) is 8.78 Å². The fourth-order valence-corrected chi connectivity index (χ4v) is 3.42. The molecule has 2 amide bonds. The highest BCUT2D eigenvalue weighted by Crippen LogP contribution is 2.15. The van der Waals surface area contributed by atoms with Gasteiger partial charge in [-0.3, -0.25) is 14.4 Å². The summed E-state index contributed by atoms with van der Waals surface area (Å²) < 4.78 is 26.4. The van der Waals surface area contributed by atoms with Gasteiger partial charge in [-0.2, -0.15) is 0 Å². The van der Waals surface area contributed by atoms with Crippen LogP contribution >= 0.6 is 0 Å². The van der Waals surface area contributed by atoms with Crippen LogP contribution < -0.4 is 5.56 Å². The fraction of sp³-hybridized carbons (Fsp3) is 0.190. The van der Waals surface area contributed by atoms with E-state index in [4.69, 9.17) is 0 Å². The van der Waals surface area contributed by atoms with Crippen LogP contribution in [0.2, 0.25) is 0 Å². The molecule has 0 aliphatic carbocycles. The number of H-pyrrole nitrogens is 1. The number of carbonyl (C=O) groups excluding carboxylic acids is 2. The van der Waals surface area contributed by atoms with Crippen LogP contribution in [0.25, 0.3) is 10.8 Å². The van der Waals surface area contributed by atoms with E-state index in [-0.39, 0.29) is 48.9 Å². The standard InChI is InChI=1S/C21H17F2N3O3/c22-16-6-5-14(11-17(16)23)20(28)25-7-9-26(10-8-25)21(29)18-12-13-3-1-2-4-15(13)19(27)24-18/h1-6,11-12H,7-10H2,(H,24,27). The first kappa shape index (κ1) is 18.8. The maximum Gasteiger partial charge on any atom is 0.270 e. The number of fused-ring (bicyclic) bond motifs is 1. The summed E-state index contributed by atoms with van der Waals surface area (Å²) in [5, 5.41) is 1.18. The van der Waals surface area contributed by atoms with Crippen molar-refractivity contribution in [2.24, 2.45) is 0 Å². The number of hydrogen-bond donors (Lipinski definition) is 1. The number of aromatic nitrogens is 1. The first-order chi connectivity index (χ1) is 13.9. The van der Waals surface area contributed by atoms with Crippen molar-refractivity contribution in [2.75, 3.05) is 26.2 Å². The number of aromatic amines is 1. The number of rotatable bonds is 2. The SMILES string of the molecule is O=C(c1ccc(F)c(F)c1)N1CCN(C(=O)c2cc3ccccc3c(=O)[nH]2)CC1. The van der Waals surface area contributed by atoms with Crippen molar-refractivity contribution in [1.29, 1.82) is 0 Å². The molecule has 8 heteroatoms. The van der Waals surface area contributed by atoms with Crippen LogP contribution in [0, 0.1) is 11.6 Å². The number of amides is 2. The zero-order chi connectivity index (χ0) is 20.5. The number of nitrogens with one attached hydrogen (secondary N) is 1. The van der Waals surface area contributed by atoms with Crippen molar-refractivity contribution in [3.8, 4) is 0 Å². The van der Waals surface area contributed by atoms with Gasteiger partial charge in [-0.15, -0.1) is 0 Å². The lowest BCUT2D eigenvalue weighted by molar-refractivity contribution is 0.0532. The van der Waals surface area contributed by atoms with Gasteiger partial charge in [0.05, 0.1) is 0 Å². The summed E-state index contributed by atoms with van der Waals surface area (Å²) in [4.78, 5) is 43.1. The van der Waals surface area contributed by atoms with E-state index in [1.54, 1.807) is 35.2 Å². The quantitative estimate of drug-likeness (QED) is 0.722. The Bertz CT molecular complexity index is 1170. The van der Waals surface area contributed by atoms with E-state index in [0.717, 1.165) is 12.1 Å². The van der Waals surface area contributed by atoms with Gasteiger partial charge in [0.1, 0.15) is 5.69 Å². The normalized spacial score (nSPS) is 14.3. The number of hydrogen-bond acceptors (Lipinski definition) is 3. The number of pyridine rings is 1. The third-order valence-electron chi connectivity index (χ3n) is 5.00. The molecule has 2 aromatic carbocycles. The summed E-state index contributed by atoms with van der Waals surface area (Å²) in [6.45, 7) is 1.04. The van der Waals surface area contributed by atoms with Gasteiger partial charge in [0, 0.05) is 37.1 Å². The summed E-state index contributed by atoms with van der Waals surface area (Å²) in [6, 6.07) is 11.6. The van der Waals surface area contributed by atoms with Crippen LogP contribution in [0.15, 0.2) is 53.3 Å². The second kappa shape index (κ2) is 7.46. The van der Waals surface area contributed by atoms with Crippen LogP contribution in [0.4, 0.5) is 8.78 Å². The second-order valence-corrected chi connectivity index (χ2v) is 6.81. The highest BCUT2D eigenvalue weighted by atomic mass is 19.2. The third kappa shape index (κ3) is 3.61. The van der Waals surface area contributed by atoms with Crippen molar-refractivity contribution in [2.45, 2.75) is 0 Å². The monoisotopic (exact) mass is 397 g/mol. The minimum absolute atomic E-state index is 0.0579. The Labute approximate surface area is 164 Å². The molecule has 0 unspecified atom stereocenters. The minimum atomic E-state index is -1.08. The average Bonchev–Trinajstić information content (AvgIpc) is 2.75. The summed E-state index contributed by atoms with van der Waals surface area (Å²) in [7, 11) is 0. The van der Waals surface area contributed by atoms with Crippen LogP contribution in [-0.2, 0) is 0 Å². The number of halogens is 2. The molecule has 1 aliphatic heterocycles. The Morgan fingerprint density at radius 3 is 2.17 bits per heavy atom. The third-order valence-corrected chi connectivity index (χ3v) is 5.00. The first-order valence-corrected chi connectivity index (χ1v) is 9.10. The van der Waals surface area contributed by atoms with Gasteiger partial charge in [-0.1, -0.05) is 18.2 Å². The number of nitrogens with zero attached hydrogens (tertiary/aromatic N) is 2. The van der Waals surface area contributed by atoms with E-state index in [1.165, 1.54) is 11.0 Å². The Morgan fingerprint density at radius 1 is 0.828 bits per heavy atom. The molecular formula is C21H17F2N3O3. The first-order valence-electron chi connectivity index (χ1n) is 9.10.